The zero-order chi connectivity index (χ0) is 25.8. The summed E-state index contributed by atoms with van der Waals surface area (Å²) < 4.78 is 11.5. The number of aromatic nitrogens is 3. The van der Waals surface area contributed by atoms with Crippen molar-refractivity contribution in [2.24, 2.45) is 0 Å². The Morgan fingerprint density at radius 1 is 1.03 bits per heavy atom. The number of aryl methyl sites for hydroxylation is 2. The molecule has 0 saturated carbocycles. The molecule has 1 N–H and O–H groups in total. The zero-order valence-electron chi connectivity index (χ0n) is 21.1. The second kappa shape index (κ2) is 10.5. The van der Waals surface area contributed by atoms with E-state index in [4.69, 9.17) is 14.3 Å². The van der Waals surface area contributed by atoms with Crippen LogP contribution in [0.15, 0.2) is 67.1 Å². The molecule has 3 heterocycles. The van der Waals surface area contributed by atoms with Gasteiger partial charge >= 0.3 is 0 Å². The molecule has 2 aromatic heterocycles. The number of hydrogen-bond donors (Lipinski definition) is 1. The number of pyridine rings is 1. The summed E-state index contributed by atoms with van der Waals surface area (Å²) in [6.07, 6.45) is 3.15. The van der Waals surface area contributed by atoms with Gasteiger partial charge in [-0.1, -0.05) is 18.2 Å². The number of anilines is 1. The van der Waals surface area contributed by atoms with Crippen molar-refractivity contribution < 1.29 is 19.1 Å². The summed E-state index contributed by atoms with van der Waals surface area (Å²) in [4.78, 5) is 34.8. The summed E-state index contributed by atoms with van der Waals surface area (Å²) in [7, 11) is 0. The van der Waals surface area contributed by atoms with Crippen LogP contribution in [0.2, 0.25) is 0 Å². The lowest BCUT2D eigenvalue weighted by Gasteiger charge is -2.36. The predicted octanol–water partition coefficient (Wildman–Crippen LogP) is 4.55. The van der Waals surface area contributed by atoms with Gasteiger partial charge in [0.25, 0.3) is 5.91 Å². The van der Waals surface area contributed by atoms with Crippen molar-refractivity contribution in [3.63, 3.8) is 0 Å². The lowest BCUT2D eigenvalue weighted by atomic mass is 9.92. The molecular formula is C28H29N5O4. The SMILES string of the molecule is Cc1ccc(Oc2ccc([C@](C)(ONc3ncnc4ccccc34)C(=O)N3CCOCC3)cc2C)cn1. The molecular weight excluding hydrogens is 470 g/mol. The third-order valence-corrected chi connectivity index (χ3v) is 6.44. The molecule has 0 unspecified atom stereocenters. The highest BCUT2D eigenvalue weighted by molar-refractivity contribution is 5.89. The van der Waals surface area contributed by atoms with Crippen LogP contribution in [-0.2, 0) is 20.0 Å². The first-order chi connectivity index (χ1) is 17.9. The van der Waals surface area contributed by atoms with E-state index >= 15 is 0 Å². The van der Waals surface area contributed by atoms with Crippen molar-refractivity contribution >= 4 is 22.6 Å². The van der Waals surface area contributed by atoms with Crippen LogP contribution in [0.1, 0.15) is 23.7 Å². The van der Waals surface area contributed by atoms with E-state index < -0.39 is 5.60 Å². The molecule has 0 aliphatic carbocycles. The van der Waals surface area contributed by atoms with E-state index in [0.717, 1.165) is 22.2 Å². The Kier molecular flexibility index (Phi) is 6.98. The first-order valence-corrected chi connectivity index (χ1v) is 12.2. The highest BCUT2D eigenvalue weighted by Crippen LogP contribution is 2.34. The third-order valence-electron chi connectivity index (χ3n) is 6.44. The number of rotatable bonds is 7. The summed E-state index contributed by atoms with van der Waals surface area (Å²) in [5.41, 5.74) is 4.83. The fourth-order valence-electron chi connectivity index (χ4n) is 4.23. The molecule has 1 aliphatic rings. The first kappa shape index (κ1) is 24.6. The molecule has 5 rings (SSSR count). The average molecular weight is 500 g/mol. The lowest BCUT2D eigenvalue weighted by Crippen LogP contribution is -2.51. The number of para-hydroxylation sites is 1. The molecule has 190 valence electrons. The van der Waals surface area contributed by atoms with E-state index in [1.54, 1.807) is 18.0 Å². The van der Waals surface area contributed by atoms with E-state index in [9.17, 15) is 4.79 Å². The minimum atomic E-state index is -1.35. The number of nitrogens with zero attached hydrogens (tertiary/aromatic N) is 4. The van der Waals surface area contributed by atoms with Gasteiger partial charge in [0.05, 0.1) is 24.9 Å². The van der Waals surface area contributed by atoms with Crippen molar-refractivity contribution in [3.8, 4) is 11.5 Å². The summed E-state index contributed by atoms with van der Waals surface area (Å²) in [6, 6.07) is 17.0. The lowest BCUT2D eigenvalue weighted by molar-refractivity contribution is -0.158. The highest BCUT2D eigenvalue weighted by Gasteiger charge is 2.41. The second-order valence-electron chi connectivity index (χ2n) is 9.10. The summed E-state index contributed by atoms with van der Waals surface area (Å²) in [6.45, 7) is 7.59. The van der Waals surface area contributed by atoms with Crippen molar-refractivity contribution in [1.82, 2.24) is 19.9 Å². The monoisotopic (exact) mass is 499 g/mol. The Morgan fingerprint density at radius 3 is 2.59 bits per heavy atom. The minimum absolute atomic E-state index is 0.169. The molecule has 1 fully saturated rings. The Bertz CT molecular complexity index is 1400. The van der Waals surface area contributed by atoms with Gasteiger partial charge in [-0.2, -0.15) is 0 Å². The second-order valence-corrected chi connectivity index (χ2v) is 9.10. The van der Waals surface area contributed by atoms with Gasteiger partial charge in [0, 0.05) is 24.2 Å². The molecule has 1 atom stereocenters. The Balaban J connectivity index is 1.46. The molecule has 9 heteroatoms. The van der Waals surface area contributed by atoms with Gasteiger partial charge in [-0.25, -0.2) is 15.4 Å². The van der Waals surface area contributed by atoms with Crippen LogP contribution < -0.4 is 10.2 Å². The van der Waals surface area contributed by atoms with E-state index in [0.29, 0.717) is 49.2 Å². The molecule has 0 spiro atoms. The highest BCUT2D eigenvalue weighted by atomic mass is 16.7. The number of ether oxygens (including phenoxy) is 2. The maximum absolute atomic E-state index is 13.9. The fourth-order valence-corrected chi connectivity index (χ4v) is 4.23. The van der Waals surface area contributed by atoms with Crippen molar-refractivity contribution in [2.75, 3.05) is 31.8 Å². The van der Waals surface area contributed by atoms with Crippen LogP contribution in [-0.4, -0.2) is 52.1 Å². The zero-order valence-corrected chi connectivity index (χ0v) is 21.1. The number of benzene rings is 2. The van der Waals surface area contributed by atoms with Crippen LogP contribution in [0.25, 0.3) is 10.9 Å². The Labute approximate surface area is 215 Å². The summed E-state index contributed by atoms with van der Waals surface area (Å²) in [5.74, 6) is 1.63. The molecule has 2 aromatic carbocycles. The normalized spacial score (nSPS) is 15.3. The van der Waals surface area contributed by atoms with Crippen molar-refractivity contribution in [2.45, 2.75) is 26.4 Å². The Morgan fingerprint density at radius 2 is 1.84 bits per heavy atom. The number of carbonyl (C=O) groups is 1. The minimum Gasteiger partial charge on any atom is -0.455 e. The molecule has 1 amide bonds. The standard InChI is InChI=1S/C28H29N5O4/c1-19-16-21(9-11-25(19)36-22-10-8-20(2)29-17-22)28(3,27(34)33-12-14-35-15-13-33)37-32-26-23-6-4-5-7-24(23)30-18-31-26/h4-11,16-18H,12-15H2,1-3H3,(H,30,31,32)/t28-/m0/s1. The van der Waals surface area contributed by atoms with Crippen molar-refractivity contribution in [1.29, 1.82) is 0 Å². The van der Waals surface area contributed by atoms with Crippen molar-refractivity contribution in [3.05, 3.63) is 83.9 Å². The van der Waals surface area contributed by atoms with Gasteiger partial charge < -0.3 is 14.4 Å². The van der Waals surface area contributed by atoms with Crippen LogP contribution in [0.5, 0.6) is 11.5 Å². The summed E-state index contributed by atoms with van der Waals surface area (Å²) >= 11 is 0. The maximum atomic E-state index is 13.9. The van der Waals surface area contributed by atoms with E-state index in [2.05, 4.69) is 20.4 Å². The molecule has 0 radical (unpaired) electrons. The van der Waals surface area contributed by atoms with Crippen LogP contribution in [0.4, 0.5) is 5.82 Å². The first-order valence-electron chi connectivity index (χ1n) is 12.2. The van der Waals surface area contributed by atoms with Crippen LogP contribution in [0, 0.1) is 13.8 Å². The van der Waals surface area contributed by atoms with Gasteiger partial charge in [0.2, 0.25) is 0 Å². The molecule has 4 aromatic rings. The van der Waals surface area contributed by atoms with E-state index in [-0.39, 0.29) is 5.91 Å². The third kappa shape index (κ3) is 5.23. The van der Waals surface area contributed by atoms with E-state index in [1.807, 2.05) is 68.4 Å². The molecule has 1 aliphatic heterocycles. The number of nitrogens with one attached hydrogen (secondary N) is 1. The fraction of sp³-hybridized carbons (Fsp3) is 0.286. The number of carbonyl (C=O) groups excluding carboxylic acids is 1. The van der Waals surface area contributed by atoms with Gasteiger partial charge in [-0.15, -0.1) is 0 Å². The number of morpholine rings is 1. The topological polar surface area (TPSA) is 98.7 Å². The number of hydrogen-bond acceptors (Lipinski definition) is 8. The number of fused-ring (bicyclic) bond motifs is 1. The molecule has 9 nitrogen and oxygen atoms in total. The maximum Gasteiger partial charge on any atom is 0.262 e. The molecule has 1 saturated heterocycles. The molecule has 37 heavy (non-hydrogen) atoms. The van der Waals surface area contributed by atoms with E-state index in [1.165, 1.54) is 6.33 Å². The van der Waals surface area contributed by atoms with Gasteiger partial charge in [-0.3, -0.25) is 14.6 Å². The smallest absolute Gasteiger partial charge is 0.262 e. The van der Waals surface area contributed by atoms with Gasteiger partial charge in [-0.05, 0) is 68.3 Å². The Hall–Kier alpha value is -4.08. The number of amides is 1. The predicted molar refractivity (Wildman–Crippen MR) is 139 cm³/mol. The van der Waals surface area contributed by atoms with Crippen LogP contribution in [0.3, 0.4) is 0 Å². The van der Waals surface area contributed by atoms with Gasteiger partial charge in [0.1, 0.15) is 17.8 Å². The average Bonchev–Trinajstić information content (AvgIpc) is 2.94. The largest absolute Gasteiger partial charge is 0.455 e. The molecule has 0 bridgehead atoms. The summed E-state index contributed by atoms with van der Waals surface area (Å²) in [5, 5.41) is 0.790. The quantitative estimate of drug-likeness (QED) is 0.370. The van der Waals surface area contributed by atoms with Crippen LogP contribution >= 0.6 is 0 Å². The van der Waals surface area contributed by atoms with Gasteiger partial charge in [0.15, 0.2) is 11.4 Å².